The molecule has 3 rings (SSSR count). The average molecular weight is 426 g/mol. The van der Waals surface area contributed by atoms with Gasteiger partial charge < -0.3 is 0 Å². The minimum atomic E-state index is -3.90. The molecule has 11 heteroatoms. The number of sulfonamides is 2. The highest BCUT2D eigenvalue weighted by molar-refractivity contribution is 7.95. The van der Waals surface area contributed by atoms with Crippen molar-refractivity contribution >= 4 is 54.1 Å². The van der Waals surface area contributed by atoms with Gasteiger partial charge in [0.2, 0.25) is 0 Å². The molecule has 0 aliphatic heterocycles. The zero-order chi connectivity index (χ0) is 18.8. The van der Waals surface area contributed by atoms with Gasteiger partial charge in [-0.05, 0) is 41.1 Å². The number of thiophene rings is 2. The maximum absolute atomic E-state index is 12.5. The topological polar surface area (TPSA) is 116 Å². The number of nitrogens with zero attached hydrogens (tertiary/aromatic N) is 1. The van der Waals surface area contributed by atoms with E-state index in [0.29, 0.717) is 0 Å². The van der Waals surface area contributed by atoms with Crippen LogP contribution in [0, 0.1) is 11.3 Å². The van der Waals surface area contributed by atoms with Gasteiger partial charge in [-0.25, -0.2) is 16.8 Å². The van der Waals surface area contributed by atoms with Crippen molar-refractivity contribution in [1.29, 1.82) is 5.26 Å². The zero-order valence-corrected chi connectivity index (χ0v) is 16.2. The Morgan fingerprint density at radius 3 is 1.81 bits per heavy atom. The molecule has 2 N–H and O–H groups in total. The molecule has 0 saturated heterocycles. The van der Waals surface area contributed by atoms with Gasteiger partial charge in [0.25, 0.3) is 20.0 Å². The van der Waals surface area contributed by atoms with Crippen LogP contribution in [0.2, 0.25) is 0 Å². The van der Waals surface area contributed by atoms with Crippen molar-refractivity contribution in [3.05, 3.63) is 58.8 Å². The van der Waals surface area contributed by atoms with Crippen molar-refractivity contribution < 1.29 is 16.8 Å². The molecule has 7 nitrogen and oxygen atoms in total. The van der Waals surface area contributed by atoms with E-state index in [1.165, 1.54) is 30.3 Å². The van der Waals surface area contributed by atoms with E-state index >= 15 is 0 Å². The molecule has 0 spiro atoms. The quantitative estimate of drug-likeness (QED) is 0.629. The first kappa shape index (κ1) is 18.4. The van der Waals surface area contributed by atoms with Gasteiger partial charge in [-0.3, -0.25) is 9.44 Å². The molecule has 0 amide bonds. The lowest BCUT2D eigenvalue weighted by molar-refractivity contribution is 0.601. The molecule has 0 radical (unpaired) electrons. The van der Waals surface area contributed by atoms with Crippen molar-refractivity contribution in [2.24, 2.45) is 0 Å². The van der Waals surface area contributed by atoms with E-state index in [2.05, 4.69) is 9.44 Å². The van der Waals surface area contributed by atoms with Gasteiger partial charge in [-0.1, -0.05) is 12.1 Å². The molecule has 0 aliphatic carbocycles. The second-order valence-electron chi connectivity index (χ2n) is 4.95. The number of hydrogen-bond acceptors (Lipinski definition) is 7. The van der Waals surface area contributed by atoms with E-state index < -0.39 is 20.0 Å². The van der Waals surface area contributed by atoms with Crippen molar-refractivity contribution in [3.63, 3.8) is 0 Å². The SMILES string of the molecule is N#Cc1ccc(NS(=O)(=O)c2cccs2)c(NS(=O)(=O)c2cccs2)c1. The Bertz CT molecular complexity index is 1160. The molecular formula is C15H11N3O4S4. The van der Waals surface area contributed by atoms with Gasteiger partial charge in [0.05, 0.1) is 23.0 Å². The molecular weight excluding hydrogens is 414 g/mol. The van der Waals surface area contributed by atoms with Crippen LogP contribution in [-0.2, 0) is 20.0 Å². The van der Waals surface area contributed by atoms with E-state index in [1.54, 1.807) is 22.9 Å². The molecule has 2 aromatic heterocycles. The summed E-state index contributed by atoms with van der Waals surface area (Å²) in [4.78, 5) is 0. The van der Waals surface area contributed by atoms with Gasteiger partial charge in [0.15, 0.2) is 0 Å². The monoisotopic (exact) mass is 425 g/mol. The number of nitriles is 1. The van der Waals surface area contributed by atoms with E-state index in [0.717, 1.165) is 22.7 Å². The van der Waals surface area contributed by atoms with Crippen molar-refractivity contribution in [2.75, 3.05) is 9.44 Å². The molecule has 0 unspecified atom stereocenters. The zero-order valence-electron chi connectivity index (χ0n) is 12.9. The number of hydrogen-bond donors (Lipinski definition) is 2. The van der Waals surface area contributed by atoms with Crippen LogP contribution in [0.15, 0.2) is 61.6 Å². The smallest absolute Gasteiger partial charge is 0.271 e. The lowest BCUT2D eigenvalue weighted by Crippen LogP contribution is -2.16. The minimum Gasteiger partial charge on any atom is -0.277 e. The first-order chi connectivity index (χ1) is 12.3. The molecule has 0 bridgehead atoms. The maximum Gasteiger partial charge on any atom is 0.271 e. The second kappa shape index (κ2) is 7.08. The fraction of sp³-hybridized carbons (Fsp3) is 0. The summed E-state index contributed by atoms with van der Waals surface area (Å²) in [5.41, 5.74) is 0.183. The van der Waals surface area contributed by atoms with Crippen LogP contribution < -0.4 is 9.44 Å². The Hall–Kier alpha value is -2.39. The summed E-state index contributed by atoms with van der Waals surface area (Å²) in [6.07, 6.45) is 0. The molecule has 0 aliphatic rings. The third-order valence-electron chi connectivity index (χ3n) is 3.16. The van der Waals surface area contributed by atoms with E-state index in [-0.39, 0.29) is 25.4 Å². The summed E-state index contributed by atoms with van der Waals surface area (Å²) in [6, 6.07) is 12.0. The fourth-order valence-corrected chi connectivity index (χ4v) is 6.15. The predicted octanol–water partition coefficient (Wildman–Crippen LogP) is 3.28. The Morgan fingerprint density at radius 1 is 0.808 bits per heavy atom. The van der Waals surface area contributed by atoms with Gasteiger partial charge in [-0.15, -0.1) is 22.7 Å². The summed E-state index contributed by atoms with van der Waals surface area (Å²) < 4.78 is 54.6. The molecule has 26 heavy (non-hydrogen) atoms. The summed E-state index contributed by atoms with van der Waals surface area (Å²) in [5.74, 6) is 0. The van der Waals surface area contributed by atoms with E-state index in [4.69, 9.17) is 5.26 Å². The molecule has 3 aromatic rings. The van der Waals surface area contributed by atoms with Crippen LogP contribution in [0.5, 0.6) is 0 Å². The third-order valence-corrected chi connectivity index (χ3v) is 8.68. The second-order valence-corrected chi connectivity index (χ2v) is 10.7. The molecule has 1 aromatic carbocycles. The predicted molar refractivity (Wildman–Crippen MR) is 101 cm³/mol. The Morgan fingerprint density at radius 2 is 1.35 bits per heavy atom. The molecule has 0 atom stereocenters. The summed E-state index contributed by atoms with van der Waals surface area (Å²) in [6.45, 7) is 0. The van der Waals surface area contributed by atoms with Crippen LogP contribution >= 0.6 is 22.7 Å². The molecule has 0 saturated carbocycles. The van der Waals surface area contributed by atoms with Crippen LogP contribution in [0.25, 0.3) is 0 Å². The molecule has 2 heterocycles. The minimum absolute atomic E-state index is 0.0255. The van der Waals surface area contributed by atoms with Crippen molar-refractivity contribution in [1.82, 2.24) is 0 Å². The molecule has 0 fully saturated rings. The van der Waals surface area contributed by atoms with Crippen LogP contribution in [0.4, 0.5) is 11.4 Å². The first-order valence-electron chi connectivity index (χ1n) is 6.99. The third kappa shape index (κ3) is 3.88. The van der Waals surface area contributed by atoms with Gasteiger partial charge >= 0.3 is 0 Å². The lowest BCUT2D eigenvalue weighted by Gasteiger charge is -2.14. The highest BCUT2D eigenvalue weighted by Crippen LogP contribution is 2.30. The maximum atomic E-state index is 12.5. The molecule has 134 valence electrons. The lowest BCUT2D eigenvalue weighted by atomic mass is 10.2. The van der Waals surface area contributed by atoms with Crippen LogP contribution in [0.1, 0.15) is 5.56 Å². The van der Waals surface area contributed by atoms with E-state index in [1.807, 2.05) is 6.07 Å². The van der Waals surface area contributed by atoms with Crippen LogP contribution in [-0.4, -0.2) is 16.8 Å². The summed E-state index contributed by atoms with van der Waals surface area (Å²) in [7, 11) is -7.77. The number of benzene rings is 1. The Balaban J connectivity index is 2.01. The average Bonchev–Trinajstić information content (AvgIpc) is 3.30. The van der Waals surface area contributed by atoms with Gasteiger partial charge in [0, 0.05) is 0 Å². The first-order valence-corrected chi connectivity index (χ1v) is 11.7. The summed E-state index contributed by atoms with van der Waals surface area (Å²) >= 11 is 2.06. The highest BCUT2D eigenvalue weighted by Gasteiger charge is 2.21. The Labute approximate surface area is 158 Å². The van der Waals surface area contributed by atoms with Crippen LogP contribution in [0.3, 0.4) is 0 Å². The van der Waals surface area contributed by atoms with Gasteiger partial charge in [0.1, 0.15) is 8.42 Å². The Kier molecular flexibility index (Phi) is 5.01. The van der Waals surface area contributed by atoms with E-state index in [9.17, 15) is 16.8 Å². The van der Waals surface area contributed by atoms with Crippen molar-refractivity contribution in [3.8, 4) is 6.07 Å². The fourth-order valence-electron chi connectivity index (χ4n) is 2.01. The van der Waals surface area contributed by atoms with Crippen molar-refractivity contribution in [2.45, 2.75) is 8.42 Å². The normalized spacial score (nSPS) is 11.7. The standard InChI is InChI=1S/C15H11N3O4S4/c16-10-11-5-6-12(17-25(19,20)14-3-1-7-23-14)13(9-11)18-26(21,22)15-4-2-8-24-15/h1-9,17-18H. The largest absolute Gasteiger partial charge is 0.277 e. The number of nitrogens with one attached hydrogen (secondary N) is 2. The van der Waals surface area contributed by atoms with Gasteiger partial charge in [-0.2, -0.15) is 5.26 Å². The number of anilines is 2. The number of rotatable bonds is 6. The summed E-state index contributed by atoms with van der Waals surface area (Å²) in [5, 5.41) is 12.3. The highest BCUT2D eigenvalue weighted by atomic mass is 32.3.